The maximum Gasteiger partial charge on any atom is 0.127 e. The summed E-state index contributed by atoms with van der Waals surface area (Å²) in [6.45, 7) is 2.53. The number of nitriles is 1. The molecule has 2 heterocycles. The van der Waals surface area contributed by atoms with Crippen LogP contribution in [-0.2, 0) is 4.74 Å². The fraction of sp³-hybridized carbons (Fsp3) is 0.375. The highest BCUT2D eigenvalue weighted by molar-refractivity contribution is 5.86. The number of ether oxygens (including phenoxy) is 1. The Balaban J connectivity index is 1.79. The second-order valence-corrected chi connectivity index (χ2v) is 5.15. The van der Waals surface area contributed by atoms with Crippen LogP contribution in [0, 0.1) is 17.2 Å². The van der Waals surface area contributed by atoms with Crippen molar-refractivity contribution in [2.75, 3.05) is 25.1 Å². The Morgan fingerprint density at radius 2 is 2.30 bits per heavy atom. The Bertz CT molecular complexity index is 642. The lowest BCUT2D eigenvalue weighted by atomic mass is 10.0. The quantitative estimate of drug-likeness (QED) is 0.929. The van der Waals surface area contributed by atoms with E-state index in [1.807, 2.05) is 30.3 Å². The van der Waals surface area contributed by atoms with Gasteiger partial charge in [0, 0.05) is 18.5 Å². The van der Waals surface area contributed by atoms with Crippen LogP contribution in [0.5, 0.6) is 0 Å². The molecule has 1 aromatic carbocycles. The zero-order chi connectivity index (χ0) is 13.8. The number of nitrogens with zero attached hydrogens (tertiary/aromatic N) is 2. The summed E-state index contributed by atoms with van der Waals surface area (Å²) in [6, 6.07) is 11.8. The molecule has 0 spiro atoms. The standard InChI is InChI=1S/C16H17N3O/c17-9-13-8-16(18-10-12-4-3-7-20-11-12)19-15-6-2-1-5-14(13)15/h1-2,5-6,8,12H,3-4,7,10-11H2,(H,18,19). The van der Waals surface area contributed by atoms with Gasteiger partial charge in [-0.15, -0.1) is 0 Å². The third-order valence-electron chi connectivity index (χ3n) is 3.66. The summed E-state index contributed by atoms with van der Waals surface area (Å²) in [5.74, 6) is 1.30. The molecule has 20 heavy (non-hydrogen) atoms. The molecule has 0 bridgehead atoms. The minimum Gasteiger partial charge on any atom is -0.381 e. The van der Waals surface area contributed by atoms with Crippen molar-refractivity contribution in [3.63, 3.8) is 0 Å². The van der Waals surface area contributed by atoms with E-state index >= 15 is 0 Å². The lowest BCUT2D eigenvalue weighted by Crippen LogP contribution is -2.24. The molecule has 1 aromatic heterocycles. The van der Waals surface area contributed by atoms with Crippen LogP contribution in [0.4, 0.5) is 5.82 Å². The smallest absolute Gasteiger partial charge is 0.127 e. The van der Waals surface area contributed by atoms with Gasteiger partial charge in [-0.2, -0.15) is 5.26 Å². The van der Waals surface area contributed by atoms with Crippen molar-refractivity contribution in [2.24, 2.45) is 5.92 Å². The van der Waals surface area contributed by atoms with Crippen LogP contribution in [0.2, 0.25) is 0 Å². The highest BCUT2D eigenvalue weighted by Crippen LogP contribution is 2.21. The van der Waals surface area contributed by atoms with E-state index in [9.17, 15) is 5.26 Å². The highest BCUT2D eigenvalue weighted by atomic mass is 16.5. The molecule has 0 amide bonds. The molecule has 102 valence electrons. The average Bonchev–Trinajstić information content (AvgIpc) is 2.53. The first kappa shape index (κ1) is 12.9. The van der Waals surface area contributed by atoms with Crippen LogP contribution in [0.3, 0.4) is 0 Å². The van der Waals surface area contributed by atoms with E-state index in [1.165, 1.54) is 6.42 Å². The number of hydrogen-bond acceptors (Lipinski definition) is 4. The zero-order valence-corrected chi connectivity index (χ0v) is 11.3. The number of anilines is 1. The lowest BCUT2D eigenvalue weighted by molar-refractivity contribution is 0.0595. The minimum atomic E-state index is 0.530. The number of pyridine rings is 1. The van der Waals surface area contributed by atoms with Gasteiger partial charge in [-0.3, -0.25) is 0 Å². The van der Waals surface area contributed by atoms with Gasteiger partial charge in [0.05, 0.1) is 23.8 Å². The first-order chi connectivity index (χ1) is 9.86. The second kappa shape index (κ2) is 5.89. The number of para-hydroxylation sites is 1. The van der Waals surface area contributed by atoms with Gasteiger partial charge in [-0.25, -0.2) is 4.98 Å². The molecule has 1 unspecified atom stereocenters. The largest absolute Gasteiger partial charge is 0.381 e. The van der Waals surface area contributed by atoms with Gasteiger partial charge in [0.2, 0.25) is 0 Å². The molecule has 0 saturated carbocycles. The molecule has 1 N–H and O–H groups in total. The van der Waals surface area contributed by atoms with E-state index in [1.54, 1.807) is 0 Å². The van der Waals surface area contributed by atoms with E-state index in [2.05, 4.69) is 16.4 Å². The van der Waals surface area contributed by atoms with Crippen molar-refractivity contribution in [2.45, 2.75) is 12.8 Å². The van der Waals surface area contributed by atoms with E-state index in [4.69, 9.17) is 4.74 Å². The molecule has 0 radical (unpaired) electrons. The molecule has 4 nitrogen and oxygen atoms in total. The van der Waals surface area contributed by atoms with Gasteiger partial charge in [-0.1, -0.05) is 18.2 Å². The van der Waals surface area contributed by atoms with Crippen molar-refractivity contribution < 1.29 is 4.74 Å². The Hall–Kier alpha value is -2.12. The number of benzene rings is 1. The molecule has 0 aliphatic carbocycles. The SMILES string of the molecule is N#Cc1cc(NCC2CCCOC2)nc2ccccc12. The van der Waals surface area contributed by atoms with Gasteiger partial charge >= 0.3 is 0 Å². The van der Waals surface area contributed by atoms with Gasteiger partial charge < -0.3 is 10.1 Å². The molecule has 1 saturated heterocycles. The zero-order valence-electron chi connectivity index (χ0n) is 11.3. The second-order valence-electron chi connectivity index (χ2n) is 5.15. The fourth-order valence-corrected chi connectivity index (χ4v) is 2.58. The molecule has 1 aliphatic heterocycles. The first-order valence-corrected chi connectivity index (χ1v) is 6.98. The molecule has 4 heteroatoms. The number of nitrogens with one attached hydrogen (secondary N) is 1. The predicted molar refractivity (Wildman–Crippen MR) is 78.5 cm³/mol. The van der Waals surface area contributed by atoms with Gasteiger partial charge in [0.25, 0.3) is 0 Å². The molecular weight excluding hydrogens is 250 g/mol. The van der Waals surface area contributed by atoms with E-state index in [0.717, 1.165) is 42.9 Å². The molecule has 3 rings (SSSR count). The molecule has 1 atom stereocenters. The topological polar surface area (TPSA) is 57.9 Å². The normalized spacial score (nSPS) is 18.6. The summed E-state index contributed by atoms with van der Waals surface area (Å²) in [4.78, 5) is 4.57. The summed E-state index contributed by atoms with van der Waals surface area (Å²) in [6.07, 6.45) is 2.31. The summed E-state index contributed by atoms with van der Waals surface area (Å²) in [7, 11) is 0. The monoisotopic (exact) mass is 267 g/mol. The Kier molecular flexibility index (Phi) is 3.80. The lowest BCUT2D eigenvalue weighted by Gasteiger charge is -2.22. The summed E-state index contributed by atoms with van der Waals surface area (Å²) in [5.41, 5.74) is 1.52. The van der Waals surface area contributed by atoms with Crippen molar-refractivity contribution in [1.82, 2.24) is 4.98 Å². The van der Waals surface area contributed by atoms with E-state index in [0.29, 0.717) is 11.5 Å². The van der Waals surface area contributed by atoms with Crippen LogP contribution in [0.15, 0.2) is 30.3 Å². The summed E-state index contributed by atoms with van der Waals surface area (Å²) in [5, 5.41) is 13.5. The number of fused-ring (bicyclic) bond motifs is 1. The third-order valence-corrected chi connectivity index (χ3v) is 3.66. The van der Waals surface area contributed by atoms with Crippen LogP contribution >= 0.6 is 0 Å². The maximum absolute atomic E-state index is 9.25. The van der Waals surface area contributed by atoms with Gasteiger partial charge in [0.15, 0.2) is 0 Å². The van der Waals surface area contributed by atoms with Crippen LogP contribution in [0.1, 0.15) is 18.4 Å². The van der Waals surface area contributed by atoms with Gasteiger partial charge in [0.1, 0.15) is 5.82 Å². The molecular formula is C16H17N3O. The van der Waals surface area contributed by atoms with Crippen LogP contribution in [-0.4, -0.2) is 24.7 Å². The molecule has 1 fully saturated rings. The van der Waals surface area contributed by atoms with Crippen LogP contribution < -0.4 is 5.32 Å². The fourth-order valence-electron chi connectivity index (χ4n) is 2.58. The average molecular weight is 267 g/mol. The maximum atomic E-state index is 9.25. The van der Waals surface area contributed by atoms with Gasteiger partial charge in [-0.05, 0) is 30.9 Å². The minimum absolute atomic E-state index is 0.530. The van der Waals surface area contributed by atoms with E-state index in [-0.39, 0.29) is 0 Å². The highest BCUT2D eigenvalue weighted by Gasteiger charge is 2.14. The number of hydrogen-bond donors (Lipinski definition) is 1. The van der Waals surface area contributed by atoms with E-state index < -0.39 is 0 Å². The third kappa shape index (κ3) is 2.73. The molecule has 1 aliphatic rings. The van der Waals surface area contributed by atoms with Crippen molar-refractivity contribution >= 4 is 16.7 Å². The Morgan fingerprint density at radius 3 is 3.10 bits per heavy atom. The van der Waals surface area contributed by atoms with Crippen molar-refractivity contribution in [3.05, 3.63) is 35.9 Å². The van der Waals surface area contributed by atoms with Crippen molar-refractivity contribution in [1.29, 1.82) is 5.26 Å². The Morgan fingerprint density at radius 1 is 1.40 bits per heavy atom. The summed E-state index contributed by atoms with van der Waals surface area (Å²) < 4.78 is 5.47. The predicted octanol–water partition coefficient (Wildman–Crippen LogP) is 2.94. The number of aromatic nitrogens is 1. The molecule has 2 aromatic rings. The Labute approximate surface area is 118 Å². The summed E-state index contributed by atoms with van der Waals surface area (Å²) >= 11 is 0. The first-order valence-electron chi connectivity index (χ1n) is 6.98. The van der Waals surface area contributed by atoms with Crippen LogP contribution in [0.25, 0.3) is 10.9 Å². The number of rotatable bonds is 3. The van der Waals surface area contributed by atoms with Crippen molar-refractivity contribution in [3.8, 4) is 6.07 Å².